The molecule has 4 N–H and O–H groups in total. The van der Waals surface area contributed by atoms with E-state index in [1.807, 2.05) is 42.3 Å². The summed E-state index contributed by atoms with van der Waals surface area (Å²) in [5, 5.41) is 0.726. The smallest absolute Gasteiger partial charge is 0.222 e. The Morgan fingerprint density at radius 2 is 1.53 bits per heavy atom. The first-order chi connectivity index (χ1) is 15.3. The lowest BCUT2D eigenvalue weighted by Gasteiger charge is -2.20. The van der Waals surface area contributed by atoms with Gasteiger partial charge in [-0.05, 0) is 60.2 Å². The number of sulfone groups is 1. The molecule has 9 heteroatoms. The topological polar surface area (TPSA) is 124 Å². The summed E-state index contributed by atoms with van der Waals surface area (Å²) in [4.78, 5) is 10.7. The lowest BCUT2D eigenvalue weighted by molar-refractivity contribution is 0.414. The molecular weight excluding hydrogens is 426 g/mol. The molecule has 0 unspecified atom stereocenters. The molecule has 164 valence electrons. The van der Waals surface area contributed by atoms with Gasteiger partial charge in [0.1, 0.15) is 11.6 Å². The third-order valence-corrected chi connectivity index (χ3v) is 6.98. The van der Waals surface area contributed by atoms with Crippen LogP contribution in [0.3, 0.4) is 0 Å². The molecule has 0 aliphatic carbocycles. The predicted molar refractivity (Wildman–Crippen MR) is 125 cm³/mol. The average molecular weight is 450 g/mol. The fraction of sp³-hybridized carbons (Fsp3) is 0.130. The van der Waals surface area contributed by atoms with Gasteiger partial charge in [0.2, 0.25) is 15.8 Å². The molecule has 0 radical (unpaired) electrons. The van der Waals surface area contributed by atoms with Gasteiger partial charge in [0.15, 0.2) is 0 Å². The van der Waals surface area contributed by atoms with Crippen LogP contribution < -0.4 is 21.1 Å². The summed E-state index contributed by atoms with van der Waals surface area (Å²) in [5.41, 5.74) is 14.2. The van der Waals surface area contributed by atoms with Crippen molar-refractivity contribution in [3.05, 3.63) is 72.3 Å². The summed E-state index contributed by atoms with van der Waals surface area (Å²) < 4.78 is 30.9. The van der Waals surface area contributed by atoms with Crippen LogP contribution in [0.25, 0.3) is 10.9 Å². The fourth-order valence-corrected chi connectivity index (χ4v) is 4.69. The van der Waals surface area contributed by atoms with Gasteiger partial charge in [0.05, 0.1) is 22.4 Å². The molecule has 8 nitrogen and oxygen atoms in total. The molecule has 0 spiro atoms. The van der Waals surface area contributed by atoms with Gasteiger partial charge < -0.3 is 21.1 Å². The Morgan fingerprint density at radius 3 is 2.16 bits per heavy atom. The van der Waals surface area contributed by atoms with Gasteiger partial charge in [-0.1, -0.05) is 12.1 Å². The summed E-state index contributed by atoms with van der Waals surface area (Å²) in [5.74, 6) is 1.07. The number of benzene rings is 3. The van der Waals surface area contributed by atoms with Crippen LogP contribution in [0.5, 0.6) is 5.75 Å². The first-order valence-electron chi connectivity index (χ1n) is 9.80. The van der Waals surface area contributed by atoms with E-state index in [4.69, 9.17) is 16.2 Å². The van der Waals surface area contributed by atoms with Gasteiger partial charge in [-0.3, -0.25) is 0 Å². The first kappa shape index (κ1) is 21.4. The number of aromatic nitrogens is 2. The highest BCUT2D eigenvalue weighted by Gasteiger charge is 2.17. The Morgan fingerprint density at radius 1 is 0.906 bits per heavy atom. The second-order valence-electron chi connectivity index (χ2n) is 7.35. The van der Waals surface area contributed by atoms with E-state index in [0.717, 1.165) is 16.6 Å². The van der Waals surface area contributed by atoms with Crippen molar-refractivity contribution < 1.29 is 13.2 Å². The van der Waals surface area contributed by atoms with E-state index in [1.54, 1.807) is 36.4 Å². The van der Waals surface area contributed by atoms with Gasteiger partial charge >= 0.3 is 0 Å². The normalized spacial score (nSPS) is 11.4. The summed E-state index contributed by atoms with van der Waals surface area (Å²) in [6.45, 7) is 0.574. The molecule has 0 saturated heterocycles. The molecule has 0 fully saturated rings. The second kappa shape index (κ2) is 8.35. The molecule has 3 aromatic carbocycles. The maximum Gasteiger partial charge on any atom is 0.222 e. The van der Waals surface area contributed by atoms with Crippen molar-refractivity contribution in [3.8, 4) is 5.75 Å². The molecule has 0 amide bonds. The number of nitrogens with two attached hydrogens (primary N) is 2. The number of hydrogen-bond acceptors (Lipinski definition) is 8. The van der Waals surface area contributed by atoms with E-state index >= 15 is 0 Å². The van der Waals surface area contributed by atoms with E-state index in [2.05, 4.69) is 9.97 Å². The molecule has 4 aromatic rings. The number of nitrogens with zero attached hydrogens (tertiary/aromatic N) is 3. The summed E-state index contributed by atoms with van der Waals surface area (Å²) in [7, 11) is -0.122. The van der Waals surface area contributed by atoms with Gasteiger partial charge in [0, 0.05) is 24.7 Å². The van der Waals surface area contributed by atoms with Crippen molar-refractivity contribution in [2.75, 3.05) is 30.5 Å². The molecule has 0 bridgehead atoms. The third-order valence-electron chi connectivity index (χ3n) is 5.19. The van der Waals surface area contributed by atoms with Gasteiger partial charge in [-0.2, -0.15) is 4.98 Å². The van der Waals surface area contributed by atoms with Crippen molar-refractivity contribution in [2.24, 2.45) is 0 Å². The number of fused-ring (bicyclic) bond motifs is 1. The van der Waals surface area contributed by atoms with Crippen LogP contribution in [0.2, 0.25) is 0 Å². The van der Waals surface area contributed by atoms with Crippen LogP contribution in [0.1, 0.15) is 5.56 Å². The largest absolute Gasteiger partial charge is 0.497 e. The van der Waals surface area contributed by atoms with Crippen molar-refractivity contribution in [1.82, 2.24) is 9.97 Å². The molecule has 0 aliphatic heterocycles. The average Bonchev–Trinajstić information content (AvgIpc) is 2.79. The van der Waals surface area contributed by atoms with Gasteiger partial charge in [-0.25, -0.2) is 13.4 Å². The Kier molecular flexibility index (Phi) is 5.58. The van der Waals surface area contributed by atoms with Gasteiger partial charge in [-0.15, -0.1) is 0 Å². The fourth-order valence-electron chi connectivity index (χ4n) is 3.43. The van der Waals surface area contributed by atoms with Crippen molar-refractivity contribution >= 4 is 38.2 Å². The second-order valence-corrected chi connectivity index (χ2v) is 9.30. The predicted octanol–water partition coefficient (Wildman–Crippen LogP) is 3.27. The lowest BCUT2D eigenvalue weighted by Crippen LogP contribution is -2.16. The van der Waals surface area contributed by atoms with Crippen LogP contribution in [0.4, 0.5) is 17.5 Å². The molecule has 0 aliphatic rings. The van der Waals surface area contributed by atoms with Crippen LogP contribution in [0, 0.1) is 0 Å². The maximum atomic E-state index is 12.9. The van der Waals surface area contributed by atoms with E-state index < -0.39 is 9.84 Å². The van der Waals surface area contributed by atoms with Crippen molar-refractivity contribution in [2.45, 2.75) is 16.3 Å². The summed E-state index contributed by atoms with van der Waals surface area (Å²) in [6, 6.07) is 18.9. The molecule has 4 rings (SSSR count). The Bertz CT molecular complexity index is 1370. The number of nitrogen functional groups attached to an aromatic ring is 2. The van der Waals surface area contributed by atoms with Crippen molar-refractivity contribution in [3.63, 3.8) is 0 Å². The van der Waals surface area contributed by atoms with Crippen LogP contribution >= 0.6 is 0 Å². The highest BCUT2D eigenvalue weighted by Crippen LogP contribution is 2.27. The minimum atomic E-state index is -3.60. The first-order valence-corrected chi connectivity index (χ1v) is 11.3. The standard InChI is InChI=1S/C23H23N5O3S/c1-28(16-5-12-21-20(13-16)22(24)27-23(25)26-21)14-15-3-8-18(9-4-15)32(29,30)19-10-6-17(31-2)7-11-19/h3-13H,14H2,1-2H3,(H4,24,25,26,27). The lowest BCUT2D eigenvalue weighted by atomic mass is 10.1. The molecule has 0 saturated carbocycles. The minimum absolute atomic E-state index is 0.140. The zero-order valence-electron chi connectivity index (χ0n) is 17.7. The summed E-state index contributed by atoms with van der Waals surface area (Å²) in [6.07, 6.45) is 0. The molecule has 1 heterocycles. The minimum Gasteiger partial charge on any atom is -0.497 e. The number of rotatable bonds is 6. The number of ether oxygens (including phenoxy) is 1. The molecule has 0 atom stereocenters. The molecular formula is C23H23N5O3S. The maximum absolute atomic E-state index is 12.9. The van der Waals surface area contributed by atoms with Crippen molar-refractivity contribution in [1.29, 1.82) is 0 Å². The zero-order chi connectivity index (χ0) is 22.9. The van der Waals surface area contributed by atoms with E-state index in [1.165, 1.54) is 7.11 Å². The third kappa shape index (κ3) is 4.15. The Hall–Kier alpha value is -3.85. The van der Waals surface area contributed by atoms with E-state index in [-0.39, 0.29) is 15.7 Å². The molecule has 1 aromatic heterocycles. The van der Waals surface area contributed by atoms with Crippen LogP contribution in [0.15, 0.2) is 76.5 Å². The van der Waals surface area contributed by atoms with E-state index in [9.17, 15) is 8.42 Å². The highest BCUT2D eigenvalue weighted by atomic mass is 32.2. The van der Waals surface area contributed by atoms with Crippen LogP contribution in [-0.2, 0) is 16.4 Å². The highest BCUT2D eigenvalue weighted by molar-refractivity contribution is 7.91. The SMILES string of the molecule is COc1ccc(S(=O)(=O)c2ccc(CN(C)c3ccc4nc(N)nc(N)c4c3)cc2)cc1. The zero-order valence-corrected chi connectivity index (χ0v) is 18.5. The number of anilines is 3. The summed E-state index contributed by atoms with van der Waals surface area (Å²) >= 11 is 0. The van der Waals surface area contributed by atoms with E-state index in [0.29, 0.717) is 23.6 Å². The number of methoxy groups -OCH3 is 1. The Labute approximate surface area is 186 Å². The number of hydrogen-bond donors (Lipinski definition) is 2. The Balaban J connectivity index is 1.53. The quantitative estimate of drug-likeness (QED) is 0.459. The van der Waals surface area contributed by atoms with Crippen LogP contribution in [-0.4, -0.2) is 32.5 Å². The molecule has 32 heavy (non-hydrogen) atoms. The monoisotopic (exact) mass is 449 g/mol. The van der Waals surface area contributed by atoms with Gasteiger partial charge in [0.25, 0.3) is 0 Å².